The van der Waals surface area contributed by atoms with E-state index in [1.165, 1.54) is 0 Å². The maximum atomic E-state index is 4.50. The van der Waals surface area contributed by atoms with Crippen molar-refractivity contribution in [3.8, 4) is 0 Å². The Hall–Kier alpha value is -0.0800. The van der Waals surface area contributed by atoms with E-state index in [9.17, 15) is 0 Å². The first kappa shape index (κ1) is 20.0. The molecule has 2 fully saturated rings. The summed E-state index contributed by atoms with van der Waals surface area (Å²) >= 11 is 0. The van der Waals surface area contributed by atoms with Crippen LogP contribution in [0.15, 0.2) is 4.99 Å². The van der Waals surface area contributed by atoms with Gasteiger partial charge in [-0.05, 0) is 27.9 Å². The van der Waals surface area contributed by atoms with Crippen LogP contribution in [-0.4, -0.2) is 86.1 Å². The second-order valence-electron chi connectivity index (χ2n) is 7.85. The van der Waals surface area contributed by atoms with Gasteiger partial charge in [-0.1, -0.05) is 13.8 Å². The highest BCUT2D eigenvalue weighted by Crippen LogP contribution is 2.46. The van der Waals surface area contributed by atoms with Gasteiger partial charge in [0.1, 0.15) is 0 Å². The van der Waals surface area contributed by atoms with Gasteiger partial charge >= 0.3 is 0 Å². The summed E-state index contributed by atoms with van der Waals surface area (Å²) in [5.74, 6) is 1.04. The molecular formula is C16H34IN5. The lowest BCUT2D eigenvalue weighted by molar-refractivity contribution is -0.0669. The minimum absolute atomic E-state index is 0. The lowest BCUT2D eigenvalue weighted by atomic mass is 9.65. The van der Waals surface area contributed by atoms with Gasteiger partial charge in [0.25, 0.3) is 0 Å². The zero-order valence-electron chi connectivity index (χ0n) is 15.3. The predicted molar refractivity (Wildman–Crippen MR) is 105 cm³/mol. The summed E-state index contributed by atoms with van der Waals surface area (Å²) < 4.78 is 0. The van der Waals surface area contributed by atoms with Crippen LogP contribution in [0.25, 0.3) is 0 Å². The van der Waals surface area contributed by atoms with Crippen LogP contribution < -0.4 is 5.32 Å². The van der Waals surface area contributed by atoms with E-state index in [2.05, 4.69) is 66.8 Å². The van der Waals surface area contributed by atoms with Crippen molar-refractivity contribution in [2.75, 3.05) is 53.9 Å². The Labute approximate surface area is 153 Å². The first-order chi connectivity index (χ1) is 9.69. The molecule has 0 aliphatic carbocycles. The molecular weight excluding hydrogens is 389 g/mol. The van der Waals surface area contributed by atoms with E-state index in [4.69, 9.17) is 0 Å². The number of hydrogen-bond acceptors (Lipinski definition) is 3. The molecule has 22 heavy (non-hydrogen) atoms. The third-order valence-electron chi connectivity index (χ3n) is 5.83. The normalized spacial score (nSPS) is 28.8. The molecule has 0 aromatic carbocycles. The van der Waals surface area contributed by atoms with Gasteiger partial charge in [-0.3, -0.25) is 9.89 Å². The highest BCUT2D eigenvalue weighted by Gasteiger charge is 2.53. The van der Waals surface area contributed by atoms with E-state index < -0.39 is 0 Å². The number of likely N-dealkylation sites (tertiary alicyclic amines) is 1. The van der Waals surface area contributed by atoms with E-state index >= 15 is 0 Å². The third-order valence-corrected chi connectivity index (χ3v) is 5.83. The molecule has 0 amide bonds. The molecule has 0 aromatic rings. The molecule has 2 aliphatic heterocycles. The fourth-order valence-corrected chi connectivity index (χ4v) is 3.23. The van der Waals surface area contributed by atoms with Gasteiger partial charge in [0.05, 0.1) is 0 Å². The number of rotatable bonds is 2. The highest BCUT2D eigenvalue weighted by atomic mass is 127. The van der Waals surface area contributed by atoms with Crippen LogP contribution in [0.4, 0.5) is 0 Å². The van der Waals surface area contributed by atoms with Crippen molar-refractivity contribution >= 4 is 29.9 Å². The minimum atomic E-state index is 0. The Morgan fingerprint density at radius 2 is 1.82 bits per heavy atom. The zero-order valence-corrected chi connectivity index (χ0v) is 17.6. The molecule has 2 rings (SSSR count). The van der Waals surface area contributed by atoms with Gasteiger partial charge in [0.2, 0.25) is 0 Å². The number of aliphatic imine (C=N–C) groups is 1. The van der Waals surface area contributed by atoms with Gasteiger partial charge in [-0.2, -0.15) is 0 Å². The summed E-state index contributed by atoms with van der Waals surface area (Å²) in [5, 5.41) is 3.59. The standard InChI is InChI=1S/C16H33N5.HI/c1-15(2)12-21(16(15,3)4)14(17-5)18-10-13-11-19(6)8-9-20(13)7;/h13H,8-12H2,1-7H3,(H,17,18);1H. The fourth-order valence-electron chi connectivity index (χ4n) is 3.23. The van der Waals surface area contributed by atoms with Crippen molar-refractivity contribution in [3.63, 3.8) is 0 Å². The predicted octanol–water partition coefficient (Wildman–Crippen LogP) is 1.55. The first-order valence-corrected chi connectivity index (χ1v) is 8.06. The molecule has 0 aromatic heterocycles. The van der Waals surface area contributed by atoms with Crippen LogP contribution >= 0.6 is 24.0 Å². The van der Waals surface area contributed by atoms with Crippen LogP contribution in [-0.2, 0) is 0 Å². The Morgan fingerprint density at radius 3 is 2.32 bits per heavy atom. The fraction of sp³-hybridized carbons (Fsp3) is 0.938. The molecule has 130 valence electrons. The van der Waals surface area contributed by atoms with Gasteiger partial charge in [0.15, 0.2) is 5.96 Å². The summed E-state index contributed by atoms with van der Waals surface area (Å²) in [6.45, 7) is 14.7. The van der Waals surface area contributed by atoms with E-state index in [1.54, 1.807) is 0 Å². The van der Waals surface area contributed by atoms with E-state index in [0.29, 0.717) is 11.5 Å². The summed E-state index contributed by atoms with van der Waals surface area (Å²) in [6, 6.07) is 0.554. The molecule has 2 heterocycles. The van der Waals surface area contributed by atoms with Gasteiger partial charge < -0.3 is 15.1 Å². The lowest BCUT2D eigenvalue weighted by Crippen LogP contribution is -2.73. The molecule has 1 atom stereocenters. The molecule has 6 heteroatoms. The third kappa shape index (κ3) is 3.70. The Morgan fingerprint density at radius 1 is 1.18 bits per heavy atom. The first-order valence-electron chi connectivity index (χ1n) is 8.06. The second kappa shape index (κ2) is 7.21. The Bertz CT molecular complexity index is 407. The van der Waals surface area contributed by atoms with Crippen molar-refractivity contribution in [2.24, 2.45) is 10.4 Å². The summed E-state index contributed by atoms with van der Waals surface area (Å²) in [4.78, 5) is 11.8. The average Bonchev–Trinajstić information content (AvgIpc) is 2.41. The van der Waals surface area contributed by atoms with Crippen molar-refractivity contribution in [1.29, 1.82) is 0 Å². The summed E-state index contributed by atoms with van der Waals surface area (Å²) in [6.07, 6.45) is 0. The SMILES string of the molecule is CN=C(NCC1CN(C)CCN1C)N1CC(C)(C)C1(C)C.I. The largest absolute Gasteiger partial charge is 0.355 e. The number of hydrogen-bond donors (Lipinski definition) is 1. The molecule has 1 unspecified atom stereocenters. The monoisotopic (exact) mass is 423 g/mol. The number of nitrogens with zero attached hydrogens (tertiary/aromatic N) is 4. The van der Waals surface area contributed by atoms with Crippen molar-refractivity contribution in [2.45, 2.75) is 39.3 Å². The smallest absolute Gasteiger partial charge is 0.194 e. The second-order valence-corrected chi connectivity index (χ2v) is 7.85. The molecule has 5 nitrogen and oxygen atoms in total. The number of piperazine rings is 1. The van der Waals surface area contributed by atoms with Gasteiger partial charge in [-0.15, -0.1) is 24.0 Å². The Kier molecular flexibility index (Phi) is 6.55. The molecule has 0 spiro atoms. The highest BCUT2D eigenvalue weighted by molar-refractivity contribution is 14.0. The van der Waals surface area contributed by atoms with E-state index in [1.807, 2.05) is 7.05 Å². The maximum absolute atomic E-state index is 4.50. The van der Waals surface area contributed by atoms with Crippen LogP contribution in [0.1, 0.15) is 27.7 Å². The molecule has 2 saturated heterocycles. The van der Waals surface area contributed by atoms with Gasteiger partial charge in [-0.25, -0.2) is 0 Å². The number of guanidine groups is 1. The summed E-state index contributed by atoms with van der Waals surface area (Å²) in [5.41, 5.74) is 0.497. The molecule has 0 saturated carbocycles. The minimum Gasteiger partial charge on any atom is -0.355 e. The van der Waals surface area contributed by atoms with E-state index in [-0.39, 0.29) is 29.5 Å². The van der Waals surface area contributed by atoms with Gasteiger partial charge in [0, 0.05) is 56.8 Å². The molecule has 1 N–H and O–H groups in total. The van der Waals surface area contributed by atoms with Crippen LogP contribution in [0, 0.1) is 5.41 Å². The van der Waals surface area contributed by atoms with Crippen molar-refractivity contribution in [3.05, 3.63) is 0 Å². The van der Waals surface area contributed by atoms with E-state index in [0.717, 1.165) is 38.7 Å². The molecule has 2 aliphatic rings. The zero-order chi connectivity index (χ0) is 15.8. The number of likely N-dealkylation sites (N-methyl/N-ethyl adjacent to an activating group) is 2. The number of halogens is 1. The molecule has 0 bridgehead atoms. The quantitative estimate of drug-likeness (QED) is 0.415. The van der Waals surface area contributed by atoms with Crippen molar-refractivity contribution in [1.82, 2.24) is 20.0 Å². The number of nitrogens with one attached hydrogen (secondary N) is 1. The van der Waals surface area contributed by atoms with Crippen LogP contribution in [0.2, 0.25) is 0 Å². The van der Waals surface area contributed by atoms with Crippen molar-refractivity contribution < 1.29 is 0 Å². The van der Waals surface area contributed by atoms with Crippen LogP contribution in [0.5, 0.6) is 0 Å². The maximum Gasteiger partial charge on any atom is 0.194 e. The average molecular weight is 423 g/mol. The molecule has 0 radical (unpaired) electrons. The topological polar surface area (TPSA) is 34.1 Å². The lowest BCUT2D eigenvalue weighted by Gasteiger charge is -2.62. The Balaban J connectivity index is 0.00000242. The van der Waals surface area contributed by atoms with Crippen LogP contribution in [0.3, 0.4) is 0 Å². The summed E-state index contributed by atoms with van der Waals surface area (Å²) in [7, 11) is 6.31.